The highest BCUT2D eigenvalue weighted by molar-refractivity contribution is 5.71. The molecular formula is C14H15FN2O2. The molecule has 0 saturated heterocycles. The number of carboxylic acids is 1. The van der Waals surface area contributed by atoms with E-state index in [-0.39, 0.29) is 6.42 Å². The molecule has 0 saturated carbocycles. The first-order valence-electron chi connectivity index (χ1n) is 6.14. The molecule has 1 N–H and O–H groups in total. The van der Waals surface area contributed by atoms with Crippen LogP contribution in [0.3, 0.4) is 0 Å². The summed E-state index contributed by atoms with van der Waals surface area (Å²) >= 11 is 0. The van der Waals surface area contributed by atoms with E-state index < -0.39 is 11.8 Å². The van der Waals surface area contributed by atoms with Crippen molar-refractivity contribution in [1.82, 2.24) is 9.78 Å². The van der Waals surface area contributed by atoms with Gasteiger partial charge in [0.15, 0.2) is 0 Å². The van der Waals surface area contributed by atoms with Gasteiger partial charge in [-0.1, -0.05) is 13.0 Å². The number of hydrogen-bond donors (Lipinski definition) is 1. The van der Waals surface area contributed by atoms with E-state index in [1.165, 1.54) is 12.1 Å². The van der Waals surface area contributed by atoms with Gasteiger partial charge in [-0.25, -0.2) is 4.39 Å². The van der Waals surface area contributed by atoms with Crippen LogP contribution in [0, 0.1) is 5.82 Å². The fraction of sp³-hybridized carbons (Fsp3) is 0.286. The van der Waals surface area contributed by atoms with Crippen molar-refractivity contribution in [2.24, 2.45) is 0 Å². The van der Waals surface area contributed by atoms with E-state index in [1.807, 2.05) is 6.92 Å². The highest BCUT2D eigenvalue weighted by atomic mass is 19.1. The van der Waals surface area contributed by atoms with E-state index in [2.05, 4.69) is 5.10 Å². The van der Waals surface area contributed by atoms with Crippen LogP contribution in [0.4, 0.5) is 4.39 Å². The Labute approximate surface area is 110 Å². The molecular weight excluding hydrogens is 247 g/mol. The lowest BCUT2D eigenvalue weighted by atomic mass is 10.1. The Morgan fingerprint density at radius 2 is 2.21 bits per heavy atom. The van der Waals surface area contributed by atoms with Gasteiger partial charge in [0.1, 0.15) is 5.82 Å². The SMILES string of the molecule is CCCn1ccc(-c2cc(CC(=O)O)ccc2F)n1. The third-order valence-corrected chi connectivity index (χ3v) is 2.76. The van der Waals surface area contributed by atoms with Gasteiger partial charge >= 0.3 is 5.97 Å². The molecule has 0 unspecified atom stereocenters. The van der Waals surface area contributed by atoms with Gasteiger partial charge in [0, 0.05) is 18.3 Å². The zero-order valence-electron chi connectivity index (χ0n) is 10.6. The molecule has 0 fully saturated rings. The normalized spacial score (nSPS) is 10.6. The molecule has 19 heavy (non-hydrogen) atoms. The molecule has 0 spiro atoms. The second-order valence-electron chi connectivity index (χ2n) is 4.35. The van der Waals surface area contributed by atoms with Crippen LogP contribution in [0.2, 0.25) is 0 Å². The Balaban J connectivity index is 2.33. The van der Waals surface area contributed by atoms with Crippen molar-refractivity contribution in [3.8, 4) is 11.3 Å². The minimum atomic E-state index is -0.936. The van der Waals surface area contributed by atoms with Gasteiger partial charge in [-0.2, -0.15) is 5.10 Å². The zero-order valence-corrected chi connectivity index (χ0v) is 10.6. The third kappa shape index (κ3) is 3.19. The van der Waals surface area contributed by atoms with E-state index >= 15 is 0 Å². The second kappa shape index (κ2) is 5.65. The summed E-state index contributed by atoms with van der Waals surface area (Å²) in [7, 11) is 0. The summed E-state index contributed by atoms with van der Waals surface area (Å²) in [6.45, 7) is 2.81. The molecule has 0 bridgehead atoms. The van der Waals surface area contributed by atoms with E-state index in [9.17, 15) is 9.18 Å². The van der Waals surface area contributed by atoms with Crippen molar-refractivity contribution < 1.29 is 14.3 Å². The van der Waals surface area contributed by atoms with E-state index in [0.29, 0.717) is 16.8 Å². The standard InChI is InChI=1S/C14H15FN2O2/c1-2-6-17-7-5-13(16-17)11-8-10(9-14(18)19)3-4-12(11)15/h3-5,7-8H,2,6,9H2,1H3,(H,18,19). The summed E-state index contributed by atoms with van der Waals surface area (Å²) < 4.78 is 15.5. The molecule has 0 amide bonds. The van der Waals surface area contributed by atoms with Crippen LogP contribution in [-0.2, 0) is 17.8 Å². The highest BCUT2D eigenvalue weighted by Crippen LogP contribution is 2.22. The largest absolute Gasteiger partial charge is 0.481 e. The van der Waals surface area contributed by atoms with Crippen LogP contribution >= 0.6 is 0 Å². The first-order chi connectivity index (χ1) is 9.10. The maximum Gasteiger partial charge on any atom is 0.307 e. The van der Waals surface area contributed by atoms with Crippen molar-refractivity contribution in [1.29, 1.82) is 0 Å². The number of aryl methyl sites for hydroxylation is 1. The van der Waals surface area contributed by atoms with Crippen molar-refractivity contribution in [3.63, 3.8) is 0 Å². The third-order valence-electron chi connectivity index (χ3n) is 2.76. The van der Waals surface area contributed by atoms with Gasteiger partial charge in [-0.15, -0.1) is 0 Å². The molecule has 0 aliphatic heterocycles. The Bertz CT molecular complexity index is 593. The maximum atomic E-state index is 13.8. The van der Waals surface area contributed by atoms with Gasteiger partial charge in [0.25, 0.3) is 0 Å². The number of hydrogen-bond acceptors (Lipinski definition) is 2. The summed E-state index contributed by atoms with van der Waals surface area (Å²) in [5.41, 5.74) is 1.43. The van der Waals surface area contributed by atoms with Crippen LogP contribution in [0.25, 0.3) is 11.3 Å². The molecule has 0 aliphatic rings. The van der Waals surface area contributed by atoms with E-state index in [0.717, 1.165) is 13.0 Å². The average molecular weight is 262 g/mol. The van der Waals surface area contributed by atoms with Crippen molar-refractivity contribution in [2.75, 3.05) is 0 Å². The number of carboxylic acid groups (broad SMARTS) is 1. The molecule has 4 nitrogen and oxygen atoms in total. The van der Waals surface area contributed by atoms with Crippen molar-refractivity contribution in [3.05, 3.63) is 41.8 Å². The van der Waals surface area contributed by atoms with Gasteiger partial charge < -0.3 is 5.11 Å². The zero-order chi connectivity index (χ0) is 13.8. The molecule has 1 aromatic carbocycles. The molecule has 2 rings (SSSR count). The predicted octanol–water partition coefficient (Wildman–Crippen LogP) is 2.73. The smallest absolute Gasteiger partial charge is 0.307 e. The minimum Gasteiger partial charge on any atom is -0.481 e. The first-order valence-corrected chi connectivity index (χ1v) is 6.14. The lowest BCUT2D eigenvalue weighted by Gasteiger charge is -2.03. The lowest BCUT2D eigenvalue weighted by Crippen LogP contribution is -2.01. The van der Waals surface area contributed by atoms with Crippen LogP contribution < -0.4 is 0 Å². The van der Waals surface area contributed by atoms with Crippen LogP contribution in [0.5, 0.6) is 0 Å². The monoisotopic (exact) mass is 262 g/mol. The average Bonchev–Trinajstić information content (AvgIpc) is 2.80. The highest BCUT2D eigenvalue weighted by Gasteiger charge is 2.10. The van der Waals surface area contributed by atoms with Crippen LogP contribution in [0.15, 0.2) is 30.5 Å². The Kier molecular flexibility index (Phi) is 3.94. The predicted molar refractivity (Wildman–Crippen MR) is 69.3 cm³/mol. The summed E-state index contributed by atoms with van der Waals surface area (Å²) in [5.74, 6) is -1.33. The summed E-state index contributed by atoms with van der Waals surface area (Å²) in [6, 6.07) is 6.04. The molecule has 1 aromatic heterocycles. The fourth-order valence-corrected chi connectivity index (χ4v) is 1.91. The topological polar surface area (TPSA) is 55.1 Å². The number of nitrogens with zero attached hydrogens (tertiary/aromatic N) is 2. The number of aliphatic carboxylic acids is 1. The van der Waals surface area contributed by atoms with Crippen molar-refractivity contribution in [2.45, 2.75) is 26.3 Å². The molecule has 100 valence electrons. The lowest BCUT2D eigenvalue weighted by molar-refractivity contribution is -0.136. The first kappa shape index (κ1) is 13.3. The fourth-order valence-electron chi connectivity index (χ4n) is 1.91. The number of carbonyl (C=O) groups is 1. The molecule has 1 heterocycles. The Hall–Kier alpha value is -2.17. The molecule has 0 aliphatic carbocycles. The quantitative estimate of drug-likeness (QED) is 0.901. The summed E-state index contributed by atoms with van der Waals surface area (Å²) in [5, 5.41) is 13.0. The summed E-state index contributed by atoms with van der Waals surface area (Å²) in [6.07, 6.45) is 2.62. The van der Waals surface area contributed by atoms with Crippen molar-refractivity contribution >= 4 is 5.97 Å². The van der Waals surface area contributed by atoms with Gasteiger partial charge in [-0.3, -0.25) is 9.48 Å². The van der Waals surface area contributed by atoms with Gasteiger partial charge in [0.2, 0.25) is 0 Å². The van der Waals surface area contributed by atoms with Gasteiger partial charge in [-0.05, 0) is 30.2 Å². The Morgan fingerprint density at radius 3 is 2.89 bits per heavy atom. The number of aromatic nitrogens is 2. The van der Waals surface area contributed by atoms with Crippen LogP contribution in [0.1, 0.15) is 18.9 Å². The van der Waals surface area contributed by atoms with Gasteiger partial charge in [0.05, 0.1) is 12.1 Å². The van der Waals surface area contributed by atoms with E-state index in [1.54, 1.807) is 23.0 Å². The number of halogens is 1. The second-order valence-corrected chi connectivity index (χ2v) is 4.35. The molecule has 2 aromatic rings. The van der Waals surface area contributed by atoms with Crippen LogP contribution in [-0.4, -0.2) is 20.9 Å². The molecule has 5 heteroatoms. The molecule has 0 atom stereocenters. The Morgan fingerprint density at radius 1 is 1.42 bits per heavy atom. The maximum absolute atomic E-state index is 13.8. The minimum absolute atomic E-state index is 0.122. The summed E-state index contributed by atoms with van der Waals surface area (Å²) in [4.78, 5) is 10.7. The number of rotatable bonds is 5. The number of benzene rings is 1. The molecule has 0 radical (unpaired) electrons. The van der Waals surface area contributed by atoms with E-state index in [4.69, 9.17) is 5.11 Å².